The lowest BCUT2D eigenvalue weighted by Gasteiger charge is -2.43. The molecule has 9 heteroatoms. The largest absolute Gasteiger partial charge is 0.490 e. The lowest BCUT2D eigenvalue weighted by Crippen LogP contribution is -2.57. The number of morpholine rings is 1. The number of hydrogen-bond acceptors (Lipinski definition) is 7. The fraction of sp³-hybridized carbons (Fsp3) is 0.294. The fourth-order valence-electron chi connectivity index (χ4n) is 3.43. The van der Waals surface area contributed by atoms with E-state index in [1.54, 1.807) is 17.0 Å². The molecular formula is C17H16ClN5O3. The number of halogens is 1. The van der Waals surface area contributed by atoms with Crippen molar-refractivity contribution in [2.45, 2.75) is 5.54 Å². The van der Waals surface area contributed by atoms with E-state index in [2.05, 4.69) is 21.5 Å². The number of carbonyl (C=O) groups is 1. The van der Waals surface area contributed by atoms with Crippen LogP contribution in [0.2, 0.25) is 5.02 Å². The van der Waals surface area contributed by atoms with Crippen LogP contribution in [0.15, 0.2) is 31.1 Å². The van der Waals surface area contributed by atoms with Crippen molar-refractivity contribution in [1.29, 1.82) is 0 Å². The molecule has 0 bridgehead atoms. The third-order valence-corrected chi connectivity index (χ3v) is 4.82. The van der Waals surface area contributed by atoms with Gasteiger partial charge in [-0.2, -0.15) is 4.98 Å². The van der Waals surface area contributed by atoms with Gasteiger partial charge in [0.1, 0.15) is 24.2 Å². The normalized spacial score (nSPS) is 21.3. The first-order valence-corrected chi connectivity index (χ1v) is 8.36. The first kappa shape index (κ1) is 16.7. The van der Waals surface area contributed by atoms with E-state index in [9.17, 15) is 4.79 Å². The molecule has 2 N–H and O–H groups in total. The highest BCUT2D eigenvalue weighted by atomic mass is 35.5. The van der Waals surface area contributed by atoms with Crippen LogP contribution in [0.25, 0.3) is 11.4 Å². The van der Waals surface area contributed by atoms with Gasteiger partial charge in [0.05, 0.1) is 18.8 Å². The predicted octanol–water partition coefficient (Wildman–Crippen LogP) is 1.41. The van der Waals surface area contributed by atoms with Crippen molar-refractivity contribution < 1.29 is 14.3 Å². The number of nitrogens with two attached hydrogens (primary N) is 1. The first-order chi connectivity index (χ1) is 12.5. The molecule has 2 aliphatic heterocycles. The number of carbonyl (C=O) groups excluding carboxylic acids is 1. The highest BCUT2D eigenvalue weighted by Gasteiger charge is 2.50. The van der Waals surface area contributed by atoms with Gasteiger partial charge >= 0.3 is 0 Å². The van der Waals surface area contributed by atoms with Crippen LogP contribution in [0, 0.1) is 0 Å². The van der Waals surface area contributed by atoms with Gasteiger partial charge in [-0.3, -0.25) is 4.79 Å². The van der Waals surface area contributed by atoms with E-state index in [0.717, 1.165) is 5.56 Å². The molecule has 0 radical (unpaired) electrons. The summed E-state index contributed by atoms with van der Waals surface area (Å²) in [5.74, 6) is 0.829. The zero-order chi connectivity index (χ0) is 18.3. The first-order valence-electron chi connectivity index (χ1n) is 7.98. The third kappa shape index (κ3) is 2.49. The maximum absolute atomic E-state index is 12.4. The molecule has 4 rings (SSSR count). The van der Waals surface area contributed by atoms with E-state index in [-0.39, 0.29) is 18.5 Å². The summed E-state index contributed by atoms with van der Waals surface area (Å²) in [4.78, 5) is 26.3. The summed E-state index contributed by atoms with van der Waals surface area (Å²) in [5.41, 5.74) is 6.26. The SMILES string of the molecule is C=CC(=O)N1CCOCC12COc1c(-c3ncnc(N)n3)cc(Cl)cc12. The van der Waals surface area contributed by atoms with Gasteiger partial charge in [0.15, 0.2) is 5.82 Å². The number of nitrogens with zero attached hydrogens (tertiary/aromatic N) is 4. The predicted molar refractivity (Wildman–Crippen MR) is 94.6 cm³/mol. The average molecular weight is 374 g/mol. The lowest BCUT2D eigenvalue weighted by atomic mass is 9.88. The van der Waals surface area contributed by atoms with Crippen molar-refractivity contribution in [1.82, 2.24) is 19.9 Å². The number of rotatable bonds is 2. The molecule has 2 aromatic rings. The maximum Gasteiger partial charge on any atom is 0.246 e. The molecule has 1 spiro atoms. The molecule has 1 amide bonds. The number of benzene rings is 1. The lowest BCUT2D eigenvalue weighted by molar-refractivity contribution is -0.146. The summed E-state index contributed by atoms with van der Waals surface area (Å²) >= 11 is 6.36. The molecule has 8 nitrogen and oxygen atoms in total. The number of fused-ring (bicyclic) bond motifs is 2. The van der Waals surface area contributed by atoms with E-state index in [1.807, 2.05) is 0 Å². The van der Waals surface area contributed by atoms with Gasteiger partial charge in [0.2, 0.25) is 11.9 Å². The Labute approximate surface area is 154 Å². The van der Waals surface area contributed by atoms with Gasteiger partial charge < -0.3 is 20.1 Å². The second-order valence-electron chi connectivity index (χ2n) is 6.06. The second-order valence-corrected chi connectivity index (χ2v) is 6.50. The Morgan fingerprint density at radius 2 is 2.23 bits per heavy atom. The Morgan fingerprint density at radius 3 is 3.00 bits per heavy atom. The third-order valence-electron chi connectivity index (χ3n) is 4.60. The Balaban J connectivity index is 1.89. The maximum atomic E-state index is 12.4. The number of ether oxygens (including phenoxy) is 2. The molecule has 1 aromatic carbocycles. The minimum absolute atomic E-state index is 0.0981. The van der Waals surface area contributed by atoms with Crippen molar-refractivity contribution >= 4 is 23.5 Å². The van der Waals surface area contributed by atoms with Crippen LogP contribution in [0.4, 0.5) is 5.95 Å². The summed E-state index contributed by atoms with van der Waals surface area (Å²) in [7, 11) is 0. The minimum atomic E-state index is -0.767. The highest BCUT2D eigenvalue weighted by molar-refractivity contribution is 6.31. The molecule has 1 unspecified atom stereocenters. The zero-order valence-corrected chi connectivity index (χ0v) is 14.6. The molecule has 3 heterocycles. The average Bonchev–Trinajstić information content (AvgIpc) is 2.99. The summed E-state index contributed by atoms with van der Waals surface area (Å²) < 4.78 is 11.7. The molecule has 0 aliphatic carbocycles. The van der Waals surface area contributed by atoms with Crippen molar-refractivity contribution in [3.8, 4) is 17.1 Å². The number of anilines is 1. The van der Waals surface area contributed by atoms with Crippen molar-refractivity contribution in [2.75, 3.05) is 32.1 Å². The molecule has 0 saturated carbocycles. The van der Waals surface area contributed by atoms with Crippen LogP contribution in [0.3, 0.4) is 0 Å². The Kier molecular flexibility index (Phi) is 4.01. The Hall–Kier alpha value is -2.71. The standard InChI is InChI=1S/C17H16ClN5O3/c1-2-13(24)23-3-4-25-7-17(23)8-26-14-11(5-10(18)6-12(14)17)15-20-9-21-16(19)22-15/h2,5-6,9H,1,3-4,7-8H2,(H2,19,20,21,22). The second kappa shape index (κ2) is 6.22. The van der Waals surface area contributed by atoms with Crippen LogP contribution in [-0.4, -0.2) is 52.1 Å². The fourth-order valence-corrected chi connectivity index (χ4v) is 3.65. The Morgan fingerprint density at radius 1 is 1.38 bits per heavy atom. The van der Waals surface area contributed by atoms with E-state index >= 15 is 0 Å². The van der Waals surface area contributed by atoms with E-state index in [4.69, 9.17) is 26.8 Å². The van der Waals surface area contributed by atoms with Crippen LogP contribution in [0.1, 0.15) is 5.56 Å². The summed E-state index contributed by atoms with van der Waals surface area (Å²) in [6.07, 6.45) is 2.62. The van der Waals surface area contributed by atoms with Crippen LogP contribution >= 0.6 is 11.6 Å². The molecule has 1 atom stereocenters. The number of amides is 1. The van der Waals surface area contributed by atoms with Gasteiger partial charge in [-0.15, -0.1) is 0 Å². The minimum Gasteiger partial charge on any atom is -0.490 e. The Bertz CT molecular complexity index is 906. The summed E-state index contributed by atoms with van der Waals surface area (Å²) in [6.45, 7) is 5.04. The smallest absolute Gasteiger partial charge is 0.246 e. The van der Waals surface area contributed by atoms with Crippen molar-refractivity contribution in [3.05, 3.63) is 41.7 Å². The monoisotopic (exact) mass is 373 g/mol. The number of nitrogen functional groups attached to an aromatic ring is 1. The molecule has 1 aromatic heterocycles. The molecule has 1 saturated heterocycles. The van der Waals surface area contributed by atoms with Crippen LogP contribution in [0.5, 0.6) is 5.75 Å². The van der Waals surface area contributed by atoms with Gasteiger partial charge in [-0.1, -0.05) is 18.2 Å². The van der Waals surface area contributed by atoms with Crippen molar-refractivity contribution in [3.63, 3.8) is 0 Å². The number of aromatic nitrogens is 3. The zero-order valence-electron chi connectivity index (χ0n) is 13.8. The quantitative estimate of drug-likeness (QED) is 0.793. The van der Waals surface area contributed by atoms with Crippen LogP contribution in [-0.2, 0) is 15.1 Å². The van der Waals surface area contributed by atoms with Crippen molar-refractivity contribution in [2.24, 2.45) is 0 Å². The molecular weight excluding hydrogens is 358 g/mol. The molecule has 134 valence electrons. The van der Waals surface area contributed by atoms with E-state index in [1.165, 1.54) is 12.4 Å². The molecule has 2 aliphatic rings. The van der Waals surface area contributed by atoms with Gasteiger partial charge in [-0.05, 0) is 18.2 Å². The van der Waals surface area contributed by atoms with Crippen LogP contribution < -0.4 is 10.5 Å². The van der Waals surface area contributed by atoms with Gasteiger partial charge in [-0.25, -0.2) is 9.97 Å². The topological polar surface area (TPSA) is 103 Å². The highest BCUT2D eigenvalue weighted by Crippen LogP contribution is 2.48. The van der Waals surface area contributed by atoms with E-state index in [0.29, 0.717) is 41.9 Å². The van der Waals surface area contributed by atoms with E-state index < -0.39 is 5.54 Å². The molecule has 26 heavy (non-hydrogen) atoms. The van der Waals surface area contributed by atoms with Gasteiger partial charge in [0.25, 0.3) is 0 Å². The van der Waals surface area contributed by atoms with Gasteiger partial charge in [0, 0.05) is 17.1 Å². The summed E-state index contributed by atoms with van der Waals surface area (Å²) in [5, 5.41) is 0.471. The number of hydrogen-bond donors (Lipinski definition) is 1. The summed E-state index contributed by atoms with van der Waals surface area (Å²) in [6, 6.07) is 3.49. The molecule has 1 fully saturated rings.